The van der Waals surface area contributed by atoms with Gasteiger partial charge in [-0.2, -0.15) is 0 Å². The van der Waals surface area contributed by atoms with Crippen molar-refractivity contribution in [3.63, 3.8) is 0 Å². The van der Waals surface area contributed by atoms with Gasteiger partial charge in [0.05, 0.1) is 0 Å². The first-order valence-electron chi connectivity index (χ1n) is 8.94. The molecule has 3 aromatic carbocycles. The number of hydrogen-bond acceptors (Lipinski definition) is 2. The van der Waals surface area contributed by atoms with Gasteiger partial charge in [0.1, 0.15) is 0 Å². The van der Waals surface area contributed by atoms with Gasteiger partial charge >= 0.3 is 0 Å². The van der Waals surface area contributed by atoms with Crippen molar-refractivity contribution in [3.8, 4) is 0 Å². The van der Waals surface area contributed by atoms with E-state index in [0.29, 0.717) is 11.1 Å². The monoisotopic (exact) mass is 358 g/mol. The van der Waals surface area contributed by atoms with Gasteiger partial charge in [0.25, 0.3) is 11.8 Å². The van der Waals surface area contributed by atoms with E-state index in [1.165, 1.54) is 0 Å². The predicted octanol–water partition coefficient (Wildman–Crippen LogP) is 5.06. The van der Waals surface area contributed by atoms with Crippen molar-refractivity contribution in [3.05, 3.63) is 95.1 Å². The Bertz CT molecular complexity index is 962. The number of carbonyl (C=O) groups is 2. The minimum Gasteiger partial charge on any atom is -0.322 e. The van der Waals surface area contributed by atoms with Gasteiger partial charge in [0.2, 0.25) is 0 Å². The van der Waals surface area contributed by atoms with Crippen LogP contribution < -0.4 is 10.6 Å². The molecule has 0 aromatic heterocycles. The SMILES string of the molecule is CCc1ccccc1NC(=O)c1ccc(C(=O)Nc2cccc(C)c2)cc1. The number of para-hydroxylation sites is 1. The molecule has 0 aliphatic carbocycles. The molecule has 0 saturated carbocycles. The van der Waals surface area contributed by atoms with Crippen LogP contribution in [0.15, 0.2) is 72.8 Å². The van der Waals surface area contributed by atoms with Crippen LogP contribution in [0.2, 0.25) is 0 Å². The topological polar surface area (TPSA) is 58.2 Å². The molecular formula is C23H22N2O2. The van der Waals surface area contributed by atoms with E-state index in [9.17, 15) is 9.59 Å². The molecule has 0 radical (unpaired) electrons. The lowest BCUT2D eigenvalue weighted by Gasteiger charge is -2.10. The standard InChI is InChI=1S/C23H22N2O2/c1-3-17-8-4-5-10-21(17)25-23(27)19-13-11-18(12-14-19)22(26)24-20-9-6-7-16(2)15-20/h4-15H,3H2,1-2H3,(H,24,26)(H,25,27). The zero-order chi connectivity index (χ0) is 19.2. The van der Waals surface area contributed by atoms with Gasteiger partial charge in [-0.3, -0.25) is 9.59 Å². The van der Waals surface area contributed by atoms with Gasteiger partial charge in [-0.25, -0.2) is 0 Å². The lowest BCUT2D eigenvalue weighted by molar-refractivity contribution is 0.101. The molecular weight excluding hydrogens is 336 g/mol. The van der Waals surface area contributed by atoms with E-state index >= 15 is 0 Å². The van der Waals surface area contributed by atoms with Gasteiger partial charge < -0.3 is 10.6 Å². The fourth-order valence-corrected chi connectivity index (χ4v) is 2.84. The highest BCUT2D eigenvalue weighted by Crippen LogP contribution is 2.17. The Balaban J connectivity index is 1.69. The van der Waals surface area contributed by atoms with Crippen LogP contribution in [-0.4, -0.2) is 11.8 Å². The Morgan fingerprint density at radius 2 is 1.41 bits per heavy atom. The smallest absolute Gasteiger partial charge is 0.255 e. The Labute approximate surface area is 159 Å². The zero-order valence-corrected chi connectivity index (χ0v) is 15.5. The lowest BCUT2D eigenvalue weighted by Crippen LogP contribution is -2.15. The van der Waals surface area contributed by atoms with E-state index in [-0.39, 0.29) is 11.8 Å². The van der Waals surface area contributed by atoms with Crippen LogP contribution >= 0.6 is 0 Å². The van der Waals surface area contributed by atoms with Crippen LogP contribution in [0.4, 0.5) is 11.4 Å². The largest absolute Gasteiger partial charge is 0.322 e. The minimum absolute atomic E-state index is 0.193. The van der Waals surface area contributed by atoms with Crippen molar-refractivity contribution < 1.29 is 9.59 Å². The number of rotatable bonds is 5. The van der Waals surface area contributed by atoms with E-state index in [0.717, 1.165) is 28.9 Å². The molecule has 0 unspecified atom stereocenters. The van der Waals surface area contributed by atoms with Gasteiger partial charge in [0.15, 0.2) is 0 Å². The van der Waals surface area contributed by atoms with Gasteiger partial charge in [-0.1, -0.05) is 37.3 Å². The number of nitrogens with one attached hydrogen (secondary N) is 2. The van der Waals surface area contributed by atoms with Crippen molar-refractivity contribution in [1.82, 2.24) is 0 Å². The minimum atomic E-state index is -0.205. The van der Waals surface area contributed by atoms with Gasteiger partial charge in [0, 0.05) is 22.5 Å². The summed E-state index contributed by atoms with van der Waals surface area (Å²) in [7, 11) is 0. The molecule has 0 atom stereocenters. The highest BCUT2D eigenvalue weighted by atomic mass is 16.2. The number of amides is 2. The molecule has 0 aliphatic heterocycles. The van der Waals surface area contributed by atoms with Crippen molar-refractivity contribution in [1.29, 1.82) is 0 Å². The summed E-state index contributed by atoms with van der Waals surface area (Å²) in [6.07, 6.45) is 0.842. The van der Waals surface area contributed by atoms with Crippen LogP contribution in [-0.2, 0) is 6.42 Å². The summed E-state index contributed by atoms with van der Waals surface area (Å²) in [5, 5.41) is 5.80. The summed E-state index contributed by atoms with van der Waals surface area (Å²) < 4.78 is 0. The van der Waals surface area contributed by atoms with Crippen LogP contribution in [0.25, 0.3) is 0 Å². The second kappa shape index (κ2) is 8.32. The van der Waals surface area contributed by atoms with Crippen molar-refractivity contribution in [2.24, 2.45) is 0 Å². The summed E-state index contributed by atoms with van der Waals surface area (Å²) in [6, 6.07) is 22.0. The first kappa shape index (κ1) is 18.4. The van der Waals surface area contributed by atoms with Crippen LogP contribution in [0, 0.1) is 6.92 Å². The molecule has 0 heterocycles. The average Bonchev–Trinajstić information content (AvgIpc) is 2.68. The van der Waals surface area contributed by atoms with Gasteiger partial charge in [-0.05, 0) is 66.9 Å². The number of benzene rings is 3. The van der Waals surface area contributed by atoms with E-state index in [4.69, 9.17) is 0 Å². The van der Waals surface area contributed by atoms with E-state index in [2.05, 4.69) is 10.6 Å². The summed E-state index contributed by atoms with van der Waals surface area (Å²) in [5.74, 6) is -0.398. The number of aryl methyl sites for hydroxylation is 2. The third-order valence-corrected chi connectivity index (χ3v) is 4.33. The summed E-state index contributed by atoms with van der Waals surface area (Å²) in [4.78, 5) is 24.8. The van der Waals surface area contributed by atoms with Gasteiger partial charge in [-0.15, -0.1) is 0 Å². The van der Waals surface area contributed by atoms with Crippen LogP contribution in [0.5, 0.6) is 0 Å². The molecule has 136 valence electrons. The number of anilines is 2. The Kier molecular flexibility index (Phi) is 5.67. The number of carbonyl (C=O) groups excluding carboxylic acids is 2. The third-order valence-electron chi connectivity index (χ3n) is 4.33. The molecule has 3 aromatic rings. The van der Waals surface area contributed by atoms with Crippen LogP contribution in [0.3, 0.4) is 0 Å². The molecule has 27 heavy (non-hydrogen) atoms. The fraction of sp³-hybridized carbons (Fsp3) is 0.130. The second-order valence-corrected chi connectivity index (χ2v) is 6.37. The highest BCUT2D eigenvalue weighted by molar-refractivity contribution is 6.07. The van der Waals surface area contributed by atoms with E-state index in [1.54, 1.807) is 24.3 Å². The zero-order valence-electron chi connectivity index (χ0n) is 15.5. The number of hydrogen-bond donors (Lipinski definition) is 2. The molecule has 4 heteroatoms. The molecule has 4 nitrogen and oxygen atoms in total. The molecule has 2 amide bonds. The van der Waals surface area contributed by atoms with Crippen LogP contribution in [0.1, 0.15) is 38.8 Å². The first-order chi connectivity index (χ1) is 13.1. The Hall–Kier alpha value is -3.40. The molecule has 0 fully saturated rings. The van der Waals surface area contributed by atoms with Crippen molar-refractivity contribution >= 4 is 23.2 Å². The summed E-state index contributed by atoms with van der Waals surface area (Å²) >= 11 is 0. The van der Waals surface area contributed by atoms with Crippen molar-refractivity contribution in [2.45, 2.75) is 20.3 Å². The maximum Gasteiger partial charge on any atom is 0.255 e. The molecule has 2 N–H and O–H groups in total. The first-order valence-corrected chi connectivity index (χ1v) is 8.94. The normalized spacial score (nSPS) is 10.3. The highest BCUT2D eigenvalue weighted by Gasteiger charge is 2.11. The molecule has 0 bridgehead atoms. The van der Waals surface area contributed by atoms with E-state index < -0.39 is 0 Å². The fourth-order valence-electron chi connectivity index (χ4n) is 2.84. The molecule has 0 saturated heterocycles. The molecule has 0 spiro atoms. The third kappa shape index (κ3) is 4.61. The quantitative estimate of drug-likeness (QED) is 0.669. The maximum atomic E-state index is 12.5. The van der Waals surface area contributed by atoms with E-state index in [1.807, 2.05) is 62.4 Å². The molecule has 3 rings (SSSR count). The summed E-state index contributed by atoms with van der Waals surface area (Å²) in [5.41, 5.74) is 4.73. The molecule has 0 aliphatic rings. The summed E-state index contributed by atoms with van der Waals surface area (Å²) in [6.45, 7) is 4.02. The Morgan fingerprint density at radius 3 is 2.04 bits per heavy atom. The average molecular weight is 358 g/mol. The second-order valence-electron chi connectivity index (χ2n) is 6.37. The lowest BCUT2D eigenvalue weighted by atomic mass is 10.1. The Morgan fingerprint density at radius 1 is 0.778 bits per heavy atom. The maximum absolute atomic E-state index is 12.5. The van der Waals surface area contributed by atoms with Crippen molar-refractivity contribution in [2.75, 3.05) is 10.6 Å². The predicted molar refractivity (Wildman–Crippen MR) is 109 cm³/mol.